The van der Waals surface area contributed by atoms with E-state index in [1.54, 1.807) is 49.2 Å². The highest BCUT2D eigenvalue weighted by Crippen LogP contribution is 2.45. The molecule has 2 aliphatic heterocycles. The maximum absolute atomic E-state index is 14.4. The Balaban J connectivity index is 1.55. The van der Waals surface area contributed by atoms with Crippen LogP contribution in [0.4, 0.5) is 21.0 Å². The molecule has 2 heterocycles. The van der Waals surface area contributed by atoms with Crippen LogP contribution in [0.5, 0.6) is 11.5 Å². The Kier molecular flexibility index (Phi) is 14.6. The molecule has 0 aromatic heterocycles. The van der Waals surface area contributed by atoms with Crippen molar-refractivity contribution >= 4 is 49.6 Å². The van der Waals surface area contributed by atoms with Gasteiger partial charge in [0.15, 0.2) is 26.0 Å². The number of allylic oxidation sites excluding steroid dienone is 2. The summed E-state index contributed by atoms with van der Waals surface area (Å²) in [5.74, 6) is -1.93. The SMILES string of the molecule is C=CCOC(=O)N[C@H](C(=O)N[C@@H](C)C(=O)Nc1ccc(COC(=O)N2c3cc(O)c(OC)cc3C(=O)N3C=C(C=CC)C[C@H]3[C@@H]2O[Si](C)(C)C(C)(C)C)cc1)C(C)C. The van der Waals surface area contributed by atoms with E-state index in [4.69, 9.17) is 18.6 Å². The van der Waals surface area contributed by atoms with Crippen molar-refractivity contribution in [3.63, 3.8) is 0 Å². The van der Waals surface area contributed by atoms with Gasteiger partial charge in [0.1, 0.15) is 25.3 Å². The molecule has 2 aromatic carbocycles. The van der Waals surface area contributed by atoms with Gasteiger partial charge in [-0.2, -0.15) is 0 Å². The van der Waals surface area contributed by atoms with Gasteiger partial charge in [0.05, 0.1) is 24.4 Å². The summed E-state index contributed by atoms with van der Waals surface area (Å²) in [7, 11) is -1.24. The normalized spacial score (nSPS) is 17.7. The zero-order chi connectivity index (χ0) is 43.1. The molecule has 0 spiro atoms. The smallest absolute Gasteiger partial charge is 0.416 e. The number of rotatable bonds is 14. The van der Waals surface area contributed by atoms with Gasteiger partial charge in [-0.15, -0.1) is 0 Å². The molecule has 0 fully saturated rings. The van der Waals surface area contributed by atoms with Crippen LogP contribution in [-0.4, -0.2) is 86.3 Å². The minimum absolute atomic E-state index is 0.0169. The first kappa shape index (κ1) is 45.1. The number of alkyl carbamates (subject to hydrolysis) is 1. The van der Waals surface area contributed by atoms with Gasteiger partial charge in [0.2, 0.25) is 11.8 Å². The summed E-state index contributed by atoms with van der Waals surface area (Å²) in [6.07, 6.45) is 4.83. The van der Waals surface area contributed by atoms with Crippen molar-refractivity contribution in [2.75, 3.05) is 23.9 Å². The van der Waals surface area contributed by atoms with Crippen LogP contribution in [0.15, 0.2) is 73.0 Å². The molecule has 4 N–H and O–H groups in total. The predicted molar refractivity (Wildman–Crippen MR) is 223 cm³/mol. The van der Waals surface area contributed by atoms with Crippen LogP contribution in [0, 0.1) is 5.92 Å². The molecule has 0 radical (unpaired) electrons. The predicted octanol–water partition coefficient (Wildman–Crippen LogP) is 6.96. The number of methoxy groups -OCH3 is 1. The van der Waals surface area contributed by atoms with Gasteiger partial charge in [-0.1, -0.05) is 71.6 Å². The molecule has 0 saturated heterocycles. The first-order chi connectivity index (χ1) is 27.2. The number of ether oxygens (including phenoxy) is 3. The molecule has 4 rings (SSSR count). The lowest BCUT2D eigenvalue weighted by atomic mass is 10.0. The molecule has 0 saturated carbocycles. The molecule has 16 heteroatoms. The summed E-state index contributed by atoms with van der Waals surface area (Å²) in [6.45, 7) is 20.6. The minimum atomic E-state index is -2.62. The van der Waals surface area contributed by atoms with E-state index >= 15 is 0 Å². The van der Waals surface area contributed by atoms with Crippen molar-refractivity contribution in [2.24, 2.45) is 5.92 Å². The van der Waals surface area contributed by atoms with E-state index < -0.39 is 56.7 Å². The summed E-state index contributed by atoms with van der Waals surface area (Å²) < 4.78 is 23.2. The standard InChI is InChI=1S/C42H57N5O10Si/c1-12-14-28-20-32-39(57-58(10,11)42(6,7)8)47(31-22-33(48)34(54-9)21-30(31)38(51)46(32)23-28)41(53)56-24-27-15-17-29(18-16-27)44-36(49)26(5)43-37(50)35(25(3)4)45-40(52)55-19-13-2/h12-18,21-23,25-26,32,35,39,48H,2,19-20,24H2,1,3-11H3,(H,43,50)(H,44,49)(H,45,52)/t26-,32-,35-,39-/m0/s1. The Labute approximate surface area is 341 Å². The number of hydrogen-bond acceptors (Lipinski definition) is 10. The maximum atomic E-state index is 14.4. The van der Waals surface area contributed by atoms with Crippen LogP contribution in [0.25, 0.3) is 0 Å². The van der Waals surface area contributed by atoms with Crippen LogP contribution in [0.3, 0.4) is 0 Å². The van der Waals surface area contributed by atoms with Crippen molar-refractivity contribution in [3.05, 3.63) is 84.1 Å². The Morgan fingerprint density at radius 1 is 1.03 bits per heavy atom. The van der Waals surface area contributed by atoms with E-state index in [9.17, 15) is 29.1 Å². The van der Waals surface area contributed by atoms with Crippen LogP contribution in [0.1, 0.15) is 70.8 Å². The van der Waals surface area contributed by atoms with E-state index in [0.29, 0.717) is 17.7 Å². The molecular formula is C42H57N5O10Si. The summed E-state index contributed by atoms with van der Waals surface area (Å²) in [5.41, 5.74) is 2.14. The van der Waals surface area contributed by atoms with E-state index in [1.807, 2.05) is 19.1 Å². The zero-order valence-corrected chi connectivity index (χ0v) is 36.0. The van der Waals surface area contributed by atoms with Crippen LogP contribution in [-0.2, 0) is 30.1 Å². The zero-order valence-electron chi connectivity index (χ0n) is 35.0. The number of anilines is 2. The second-order valence-corrected chi connectivity index (χ2v) is 20.8. The van der Waals surface area contributed by atoms with Crippen LogP contribution in [0.2, 0.25) is 18.1 Å². The third-order valence-electron chi connectivity index (χ3n) is 10.4. The Hall–Kier alpha value is -5.61. The third kappa shape index (κ3) is 10.5. The fraction of sp³-hybridized carbons (Fsp3) is 0.452. The quantitative estimate of drug-likeness (QED) is 0.115. The van der Waals surface area contributed by atoms with Gasteiger partial charge in [-0.3, -0.25) is 14.4 Å². The highest BCUT2D eigenvalue weighted by atomic mass is 28.4. The molecule has 2 aliphatic rings. The molecule has 4 atom stereocenters. The lowest BCUT2D eigenvalue weighted by Gasteiger charge is -2.44. The molecular weight excluding hydrogens is 763 g/mol. The molecule has 2 aromatic rings. The fourth-order valence-corrected chi connectivity index (χ4v) is 7.37. The van der Waals surface area contributed by atoms with Crippen molar-refractivity contribution in [1.82, 2.24) is 15.5 Å². The number of amides is 5. The van der Waals surface area contributed by atoms with Gasteiger partial charge < -0.3 is 44.6 Å². The van der Waals surface area contributed by atoms with Gasteiger partial charge in [0, 0.05) is 18.0 Å². The van der Waals surface area contributed by atoms with Crippen molar-refractivity contribution < 1.29 is 47.7 Å². The van der Waals surface area contributed by atoms with Gasteiger partial charge in [-0.25, -0.2) is 14.5 Å². The van der Waals surface area contributed by atoms with Crippen LogP contribution < -0.4 is 25.6 Å². The molecule has 0 aliphatic carbocycles. The lowest BCUT2D eigenvalue weighted by Crippen LogP contribution is -2.57. The molecule has 314 valence electrons. The Morgan fingerprint density at radius 3 is 2.29 bits per heavy atom. The number of phenolic OH excluding ortho intramolecular Hbond substituents is 1. The summed E-state index contributed by atoms with van der Waals surface area (Å²) >= 11 is 0. The number of carbonyl (C=O) groups excluding carboxylic acids is 5. The van der Waals surface area contributed by atoms with Gasteiger partial charge in [0.25, 0.3) is 5.91 Å². The monoisotopic (exact) mass is 819 g/mol. The highest BCUT2D eigenvalue weighted by Gasteiger charge is 2.50. The molecule has 58 heavy (non-hydrogen) atoms. The maximum Gasteiger partial charge on any atom is 0.416 e. The molecule has 5 amide bonds. The summed E-state index contributed by atoms with van der Waals surface area (Å²) in [6, 6.07) is 6.84. The number of nitrogens with zero attached hydrogens (tertiary/aromatic N) is 2. The summed E-state index contributed by atoms with van der Waals surface area (Å²) in [4.78, 5) is 69.6. The Bertz CT molecular complexity index is 1940. The molecule has 0 bridgehead atoms. The number of aromatic hydroxyl groups is 1. The topological polar surface area (TPSA) is 185 Å². The van der Waals surface area contributed by atoms with E-state index in [0.717, 1.165) is 5.57 Å². The average Bonchev–Trinajstić information content (AvgIpc) is 3.55. The highest BCUT2D eigenvalue weighted by molar-refractivity contribution is 6.74. The number of phenols is 1. The number of benzene rings is 2. The van der Waals surface area contributed by atoms with Crippen molar-refractivity contribution in [3.8, 4) is 11.5 Å². The van der Waals surface area contributed by atoms with E-state index in [2.05, 4.69) is 56.4 Å². The van der Waals surface area contributed by atoms with Crippen LogP contribution >= 0.6 is 0 Å². The lowest BCUT2D eigenvalue weighted by molar-refractivity contribution is -0.128. The second-order valence-electron chi connectivity index (χ2n) is 16.1. The number of hydrogen-bond donors (Lipinski definition) is 4. The van der Waals surface area contributed by atoms with Crippen molar-refractivity contribution in [1.29, 1.82) is 0 Å². The van der Waals surface area contributed by atoms with Gasteiger partial charge >= 0.3 is 12.2 Å². The number of nitrogens with one attached hydrogen (secondary N) is 3. The second kappa shape index (κ2) is 18.8. The largest absolute Gasteiger partial charge is 0.504 e. The molecule has 0 unspecified atom stereocenters. The Morgan fingerprint density at radius 2 is 1.71 bits per heavy atom. The first-order valence-corrected chi connectivity index (χ1v) is 22.1. The third-order valence-corrected chi connectivity index (χ3v) is 14.8. The first-order valence-electron chi connectivity index (χ1n) is 19.2. The summed E-state index contributed by atoms with van der Waals surface area (Å²) in [5, 5.41) is 18.6. The number of fused-ring (bicyclic) bond motifs is 2. The van der Waals surface area contributed by atoms with Crippen molar-refractivity contribution in [2.45, 2.75) is 104 Å². The fourth-order valence-electron chi connectivity index (χ4n) is 6.15. The number of carbonyl (C=O) groups is 5. The van der Waals surface area contributed by atoms with E-state index in [1.165, 1.54) is 37.1 Å². The van der Waals surface area contributed by atoms with Gasteiger partial charge in [-0.05, 0) is 73.7 Å². The average molecular weight is 820 g/mol. The minimum Gasteiger partial charge on any atom is -0.504 e. The van der Waals surface area contributed by atoms with E-state index in [-0.39, 0.29) is 52.8 Å². The molecule has 15 nitrogen and oxygen atoms in total.